The second-order valence-electron chi connectivity index (χ2n) is 8.57. The smallest absolute Gasteiger partial charge is 0.272 e. The predicted molar refractivity (Wildman–Crippen MR) is 131 cm³/mol. The summed E-state index contributed by atoms with van der Waals surface area (Å²) in [5.41, 5.74) is 2.57. The molecule has 3 heterocycles. The molecule has 5 rings (SSSR count). The normalized spacial score (nSPS) is 17.3. The zero-order valence-electron chi connectivity index (χ0n) is 19.3. The molecule has 1 fully saturated rings. The van der Waals surface area contributed by atoms with Crippen molar-refractivity contribution in [3.63, 3.8) is 0 Å². The van der Waals surface area contributed by atoms with E-state index in [0.29, 0.717) is 23.3 Å². The number of carbonyl (C=O) groups is 1. The van der Waals surface area contributed by atoms with E-state index in [9.17, 15) is 13.2 Å². The van der Waals surface area contributed by atoms with Crippen molar-refractivity contribution in [1.29, 1.82) is 5.26 Å². The molecule has 0 aliphatic heterocycles. The van der Waals surface area contributed by atoms with Gasteiger partial charge in [0.1, 0.15) is 11.9 Å². The molecule has 1 saturated carbocycles. The third kappa shape index (κ3) is 4.53. The number of aromatic amines is 1. The molecule has 1 aromatic carbocycles. The standard InChI is InChI=1S/C24H23N7O4S/c1-26-23(32)20-13-35-24(31-20)19-12-28-22-18(5-6-27-22)21(19)30-16-7-15(8-16)11-29-36(33,34)17-4-2-3-14(9-17)10-25/h2-6,9,12-13,15-16,29H,7-8,11H2,1H3,(H,26,32)(H2,27,28,30). The summed E-state index contributed by atoms with van der Waals surface area (Å²) < 4.78 is 33.5. The molecule has 0 radical (unpaired) electrons. The Morgan fingerprint density at radius 3 is 2.92 bits per heavy atom. The number of sulfonamides is 1. The highest BCUT2D eigenvalue weighted by Crippen LogP contribution is 2.37. The molecule has 4 aromatic rings. The number of nitrogens with zero attached hydrogens (tertiary/aromatic N) is 3. The fraction of sp³-hybridized carbons (Fsp3) is 0.250. The molecule has 184 valence electrons. The van der Waals surface area contributed by atoms with Gasteiger partial charge in [0.15, 0.2) is 5.69 Å². The number of nitrogens with one attached hydrogen (secondary N) is 4. The molecule has 1 aliphatic carbocycles. The van der Waals surface area contributed by atoms with E-state index in [4.69, 9.17) is 9.68 Å². The summed E-state index contributed by atoms with van der Waals surface area (Å²) in [5.74, 6) is 0.0822. The number of nitriles is 1. The number of carbonyl (C=O) groups excluding carboxylic acids is 1. The quantitative estimate of drug-likeness (QED) is 0.284. The van der Waals surface area contributed by atoms with Crippen LogP contribution in [0, 0.1) is 17.2 Å². The number of H-pyrrole nitrogens is 1. The van der Waals surface area contributed by atoms with Gasteiger partial charge in [-0.3, -0.25) is 4.79 Å². The van der Waals surface area contributed by atoms with E-state index >= 15 is 0 Å². The molecule has 0 unspecified atom stereocenters. The Morgan fingerprint density at radius 2 is 2.14 bits per heavy atom. The van der Waals surface area contributed by atoms with Crippen molar-refractivity contribution < 1.29 is 17.6 Å². The number of aromatic nitrogens is 3. The third-order valence-electron chi connectivity index (χ3n) is 6.20. The molecule has 3 aromatic heterocycles. The lowest BCUT2D eigenvalue weighted by atomic mass is 9.80. The van der Waals surface area contributed by atoms with Gasteiger partial charge in [-0.05, 0) is 43.0 Å². The Kier molecular flexibility index (Phi) is 6.17. The first kappa shape index (κ1) is 23.5. The molecular weight excluding hydrogens is 482 g/mol. The van der Waals surface area contributed by atoms with Crippen molar-refractivity contribution in [3.8, 4) is 17.5 Å². The van der Waals surface area contributed by atoms with Gasteiger partial charge in [-0.2, -0.15) is 5.26 Å². The van der Waals surface area contributed by atoms with Gasteiger partial charge >= 0.3 is 0 Å². The van der Waals surface area contributed by atoms with E-state index in [1.165, 1.54) is 25.4 Å². The fourth-order valence-corrected chi connectivity index (χ4v) is 5.39. The van der Waals surface area contributed by atoms with Crippen LogP contribution in [0.4, 0.5) is 5.69 Å². The van der Waals surface area contributed by atoms with Crippen LogP contribution in [0.15, 0.2) is 58.3 Å². The molecular formula is C24H23N7O4S. The Bertz CT molecular complexity index is 1580. The van der Waals surface area contributed by atoms with Crippen molar-refractivity contribution in [2.24, 2.45) is 5.92 Å². The van der Waals surface area contributed by atoms with Gasteiger partial charge in [0, 0.05) is 37.4 Å². The summed E-state index contributed by atoms with van der Waals surface area (Å²) in [5, 5.41) is 15.9. The maximum atomic E-state index is 12.6. The molecule has 0 spiro atoms. The van der Waals surface area contributed by atoms with Gasteiger partial charge in [-0.1, -0.05) is 6.07 Å². The van der Waals surface area contributed by atoms with Crippen molar-refractivity contribution in [3.05, 3.63) is 60.2 Å². The van der Waals surface area contributed by atoms with Crippen LogP contribution in [0.3, 0.4) is 0 Å². The summed E-state index contributed by atoms with van der Waals surface area (Å²) in [6.45, 7) is 0.301. The monoisotopic (exact) mass is 505 g/mol. The number of fused-ring (bicyclic) bond motifs is 1. The summed E-state index contributed by atoms with van der Waals surface area (Å²) in [4.78, 5) is 23.8. The average molecular weight is 506 g/mol. The zero-order chi connectivity index (χ0) is 25.3. The second-order valence-corrected chi connectivity index (χ2v) is 10.3. The first-order valence-corrected chi connectivity index (χ1v) is 12.8. The number of anilines is 1. The van der Waals surface area contributed by atoms with Gasteiger partial charge < -0.3 is 20.0 Å². The lowest BCUT2D eigenvalue weighted by molar-refractivity contribution is 0.0958. The molecule has 4 N–H and O–H groups in total. The summed E-state index contributed by atoms with van der Waals surface area (Å²) in [6.07, 6.45) is 6.24. The van der Waals surface area contributed by atoms with Crippen molar-refractivity contribution >= 4 is 32.7 Å². The average Bonchev–Trinajstić information content (AvgIpc) is 3.55. The predicted octanol–water partition coefficient (Wildman–Crippen LogP) is 2.62. The molecule has 0 atom stereocenters. The fourth-order valence-electron chi connectivity index (χ4n) is 4.22. The molecule has 12 heteroatoms. The number of benzene rings is 1. The van der Waals surface area contributed by atoms with Gasteiger partial charge in [0.25, 0.3) is 5.91 Å². The number of hydrogen-bond acceptors (Lipinski definition) is 8. The number of hydrogen-bond donors (Lipinski definition) is 4. The lowest BCUT2D eigenvalue weighted by Gasteiger charge is -2.37. The molecule has 11 nitrogen and oxygen atoms in total. The van der Waals surface area contributed by atoms with E-state index in [2.05, 4.69) is 30.3 Å². The maximum absolute atomic E-state index is 12.6. The minimum absolute atomic E-state index is 0.0777. The Hall–Kier alpha value is -4.21. The molecule has 0 saturated heterocycles. The highest BCUT2D eigenvalue weighted by Gasteiger charge is 2.32. The molecule has 0 bridgehead atoms. The van der Waals surface area contributed by atoms with Crippen molar-refractivity contribution in [1.82, 2.24) is 25.0 Å². The molecule has 1 amide bonds. The van der Waals surface area contributed by atoms with Crippen LogP contribution < -0.4 is 15.4 Å². The van der Waals surface area contributed by atoms with Gasteiger partial charge in [-0.15, -0.1) is 0 Å². The topological polar surface area (TPSA) is 166 Å². The summed E-state index contributed by atoms with van der Waals surface area (Å²) >= 11 is 0. The lowest BCUT2D eigenvalue weighted by Crippen LogP contribution is -2.42. The molecule has 1 aliphatic rings. The van der Waals surface area contributed by atoms with Crippen LogP contribution in [0.5, 0.6) is 0 Å². The first-order valence-electron chi connectivity index (χ1n) is 11.3. The first-order chi connectivity index (χ1) is 17.4. The van der Waals surface area contributed by atoms with Gasteiger partial charge in [0.05, 0.1) is 27.8 Å². The van der Waals surface area contributed by atoms with Gasteiger partial charge in [0.2, 0.25) is 15.9 Å². The van der Waals surface area contributed by atoms with E-state index in [-0.39, 0.29) is 34.3 Å². The SMILES string of the molecule is CNC(=O)c1coc(-c2cnc3[nH]ccc3c2NC2CC(CNS(=O)(=O)c3cccc(C#N)c3)C2)n1. The van der Waals surface area contributed by atoms with E-state index < -0.39 is 10.0 Å². The largest absolute Gasteiger partial charge is 0.443 e. The van der Waals surface area contributed by atoms with Gasteiger partial charge in [-0.25, -0.2) is 23.1 Å². The number of rotatable bonds is 8. The van der Waals surface area contributed by atoms with Crippen molar-refractivity contribution in [2.45, 2.75) is 23.8 Å². The van der Waals surface area contributed by atoms with E-state index in [1.807, 2.05) is 12.1 Å². The Labute approximate surface area is 207 Å². The minimum Gasteiger partial charge on any atom is -0.443 e. The van der Waals surface area contributed by atoms with Crippen LogP contribution in [0.1, 0.15) is 28.9 Å². The van der Waals surface area contributed by atoms with Crippen LogP contribution in [0.2, 0.25) is 0 Å². The minimum atomic E-state index is -3.70. The second kappa shape index (κ2) is 9.44. The zero-order valence-corrected chi connectivity index (χ0v) is 20.1. The van der Waals surface area contributed by atoms with Crippen LogP contribution in [-0.4, -0.2) is 48.9 Å². The van der Waals surface area contributed by atoms with Crippen molar-refractivity contribution in [2.75, 3.05) is 18.9 Å². The number of amides is 1. The van der Waals surface area contributed by atoms with E-state index in [0.717, 1.165) is 23.9 Å². The highest BCUT2D eigenvalue weighted by atomic mass is 32.2. The van der Waals surface area contributed by atoms with Crippen LogP contribution in [0.25, 0.3) is 22.5 Å². The van der Waals surface area contributed by atoms with Crippen LogP contribution in [-0.2, 0) is 10.0 Å². The third-order valence-corrected chi connectivity index (χ3v) is 7.62. The van der Waals surface area contributed by atoms with Crippen LogP contribution >= 0.6 is 0 Å². The Balaban J connectivity index is 1.27. The van der Waals surface area contributed by atoms with E-state index in [1.54, 1.807) is 24.5 Å². The summed E-state index contributed by atoms with van der Waals surface area (Å²) in [6, 6.07) is 9.91. The maximum Gasteiger partial charge on any atom is 0.272 e. The number of oxazole rings is 1. The Morgan fingerprint density at radius 1 is 1.31 bits per heavy atom. The molecule has 36 heavy (non-hydrogen) atoms. The summed E-state index contributed by atoms with van der Waals surface area (Å²) in [7, 11) is -2.18. The number of pyridine rings is 1. The highest BCUT2D eigenvalue weighted by molar-refractivity contribution is 7.89.